The number of likely N-dealkylation sites (tertiary alicyclic amines) is 1. The van der Waals surface area contributed by atoms with Crippen molar-refractivity contribution >= 4 is 5.91 Å². The third-order valence-electron chi connectivity index (χ3n) is 5.39. The molecule has 26 heavy (non-hydrogen) atoms. The summed E-state index contributed by atoms with van der Waals surface area (Å²) in [5, 5.41) is 0. The maximum absolute atomic E-state index is 13.0. The van der Waals surface area contributed by atoms with Crippen molar-refractivity contribution in [3.63, 3.8) is 0 Å². The Kier molecular flexibility index (Phi) is 5.04. The summed E-state index contributed by atoms with van der Waals surface area (Å²) in [4.78, 5) is 21.9. The highest BCUT2D eigenvalue weighted by molar-refractivity contribution is 5.93. The Balaban J connectivity index is 1.51. The molecule has 4 heterocycles. The van der Waals surface area contributed by atoms with Gasteiger partial charge in [0.1, 0.15) is 5.69 Å². The van der Waals surface area contributed by atoms with E-state index in [1.807, 2.05) is 41.0 Å². The van der Waals surface area contributed by atoms with Crippen LogP contribution in [0.5, 0.6) is 0 Å². The summed E-state index contributed by atoms with van der Waals surface area (Å²) in [7, 11) is 1.92. The van der Waals surface area contributed by atoms with Crippen LogP contribution in [0.4, 0.5) is 0 Å². The van der Waals surface area contributed by atoms with Gasteiger partial charge in [-0.15, -0.1) is 0 Å². The molecule has 0 saturated carbocycles. The first-order valence-corrected chi connectivity index (χ1v) is 9.39. The second-order valence-corrected chi connectivity index (χ2v) is 7.13. The molecule has 0 spiro atoms. The Morgan fingerprint density at radius 3 is 2.88 bits per heavy atom. The molecule has 0 N–H and O–H groups in total. The highest BCUT2D eigenvalue weighted by atomic mass is 16.5. The van der Waals surface area contributed by atoms with Gasteiger partial charge in [0.05, 0.1) is 24.9 Å². The topological polar surface area (TPSA) is 50.6 Å². The van der Waals surface area contributed by atoms with Gasteiger partial charge < -0.3 is 14.2 Å². The molecule has 4 rings (SSSR count). The van der Waals surface area contributed by atoms with E-state index < -0.39 is 0 Å². The van der Waals surface area contributed by atoms with Crippen LogP contribution in [0.3, 0.4) is 0 Å². The van der Waals surface area contributed by atoms with Crippen LogP contribution in [0.1, 0.15) is 40.6 Å². The van der Waals surface area contributed by atoms with Crippen LogP contribution in [0.2, 0.25) is 0 Å². The SMILES string of the molecule is Cn1cccc1C(=O)N1CCCC1c1ccnc(CN2CCOCC2)c1. The lowest BCUT2D eigenvalue weighted by Crippen LogP contribution is -2.36. The molecule has 0 aliphatic carbocycles. The molecule has 2 aliphatic heterocycles. The zero-order valence-corrected chi connectivity index (χ0v) is 15.3. The molecule has 2 aromatic heterocycles. The van der Waals surface area contributed by atoms with Crippen LogP contribution >= 0.6 is 0 Å². The molecule has 1 atom stereocenters. The van der Waals surface area contributed by atoms with Gasteiger partial charge in [-0.25, -0.2) is 0 Å². The molecule has 6 heteroatoms. The zero-order chi connectivity index (χ0) is 17.9. The number of aromatic nitrogens is 2. The summed E-state index contributed by atoms with van der Waals surface area (Å²) >= 11 is 0. The maximum Gasteiger partial charge on any atom is 0.270 e. The normalized spacial score (nSPS) is 21.3. The first-order chi connectivity index (χ1) is 12.7. The molecule has 1 amide bonds. The number of aryl methyl sites for hydroxylation is 1. The number of pyridine rings is 1. The summed E-state index contributed by atoms with van der Waals surface area (Å²) in [6, 6.07) is 8.20. The minimum Gasteiger partial charge on any atom is -0.379 e. The fourth-order valence-corrected chi connectivity index (χ4v) is 3.97. The van der Waals surface area contributed by atoms with Gasteiger partial charge in [0, 0.05) is 45.6 Å². The number of rotatable bonds is 4. The molecule has 2 saturated heterocycles. The van der Waals surface area contributed by atoms with Crippen molar-refractivity contribution in [3.05, 3.63) is 53.6 Å². The lowest BCUT2D eigenvalue weighted by atomic mass is 10.0. The Hall–Kier alpha value is -2.18. The van der Waals surface area contributed by atoms with E-state index in [1.165, 1.54) is 5.56 Å². The van der Waals surface area contributed by atoms with Crippen molar-refractivity contribution in [2.45, 2.75) is 25.4 Å². The summed E-state index contributed by atoms with van der Waals surface area (Å²) < 4.78 is 7.32. The molecule has 6 nitrogen and oxygen atoms in total. The highest BCUT2D eigenvalue weighted by Gasteiger charge is 2.31. The number of hydrogen-bond acceptors (Lipinski definition) is 4. The second kappa shape index (κ2) is 7.60. The molecule has 0 aromatic carbocycles. The molecule has 2 aliphatic rings. The van der Waals surface area contributed by atoms with Gasteiger partial charge in [-0.3, -0.25) is 14.7 Å². The van der Waals surface area contributed by atoms with Crippen molar-refractivity contribution < 1.29 is 9.53 Å². The van der Waals surface area contributed by atoms with Gasteiger partial charge in [-0.2, -0.15) is 0 Å². The quantitative estimate of drug-likeness (QED) is 0.845. The van der Waals surface area contributed by atoms with Gasteiger partial charge in [0.2, 0.25) is 0 Å². The number of carbonyl (C=O) groups is 1. The largest absolute Gasteiger partial charge is 0.379 e. The number of ether oxygens (including phenoxy) is 1. The molecular formula is C20H26N4O2. The van der Waals surface area contributed by atoms with Crippen LogP contribution in [-0.4, -0.2) is 58.1 Å². The van der Waals surface area contributed by atoms with Crippen molar-refractivity contribution in [2.75, 3.05) is 32.8 Å². The van der Waals surface area contributed by atoms with E-state index in [9.17, 15) is 4.79 Å². The van der Waals surface area contributed by atoms with Crippen LogP contribution in [-0.2, 0) is 18.3 Å². The number of amides is 1. The summed E-state index contributed by atoms with van der Waals surface area (Å²) in [5.74, 6) is 0.117. The molecule has 2 aromatic rings. The fraction of sp³-hybridized carbons (Fsp3) is 0.500. The first-order valence-electron chi connectivity index (χ1n) is 9.39. The third kappa shape index (κ3) is 3.52. The molecule has 138 valence electrons. The Bertz CT molecular complexity index is 767. The van der Waals surface area contributed by atoms with Crippen molar-refractivity contribution in [1.29, 1.82) is 0 Å². The number of hydrogen-bond donors (Lipinski definition) is 0. The highest BCUT2D eigenvalue weighted by Crippen LogP contribution is 2.33. The van der Waals surface area contributed by atoms with E-state index in [4.69, 9.17) is 4.74 Å². The number of morpholine rings is 1. The standard InChI is InChI=1S/C20H26N4O2/c1-22-8-2-5-19(22)20(25)24-9-3-4-18(24)16-6-7-21-17(14-16)15-23-10-12-26-13-11-23/h2,5-8,14,18H,3-4,9-13,15H2,1H3. The molecular weight excluding hydrogens is 328 g/mol. The van der Waals surface area contributed by atoms with Gasteiger partial charge in [0.25, 0.3) is 5.91 Å². The van der Waals surface area contributed by atoms with E-state index in [1.54, 1.807) is 0 Å². The van der Waals surface area contributed by atoms with Gasteiger partial charge >= 0.3 is 0 Å². The van der Waals surface area contributed by atoms with Crippen LogP contribution in [0.15, 0.2) is 36.7 Å². The summed E-state index contributed by atoms with van der Waals surface area (Å²) in [6.45, 7) is 5.15. The van der Waals surface area contributed by atoms with E-state index in [0.717, 1.165) is 63.6 Å². The lowest BCUT2D eigenvalue weighted by molar-refractivity contribution is 0.0336. The van der Waals surface area contributed by atoms with E-state index >= 15 is 0 Å². The van der Waals surface area contributed by atoms with Gasteiger partial charge in [0.15, 0.2) is 0 Å². The zero-order valence-electron chi connectivity index (χ0n) is 15.3. The molecule has 0 bridgehead atoms. The predicted octanol–water partition coefficient (Wildman–Crippen LogP) is 2.23. The van der Waals surface area contributed by atoms with Gasteiger partial charge in [-0.05, 0) is 42.7 Å². The number of nitrogens with zero attached hydrogens (tertiary/aromatic N) is 4. The van der Waals surface area contributed by atoms with Gasteiger partial charge in [-0.1, -0.05) is 0 Å². The van der Waals surface area contributed by atoms with Crippen molar-refractivity contribution in [3.8, 4) is 0 Å². The molecule has 1 unspecified atom stereocenters. The van der Waals surface area contributed by atoms with E-state index in [0.29, 0.717) is 0 Å². The average molecular weight is 354 g/mol. The first kappa shape index (κ1) is 17.2. The van der Waals surface area contributed by atoms with E-state index in [-0.39, 0.29) is 11.9 Å². The van der Waals surface area contributed by atoms with Crippen LogP contribution < -0.4 is 0 Å². The van der Waals surface area contributed by atoms with Crippen molar-refractivity contribution in [2.24, 2.45) is 7.05 Å². The second-order valence-electron chi connectivity index (χ2n) is 7.13. The van der Waals surface area contributed by atoms with Crippen LogP contribution in [0.25, 0.3) is 0 Å². The Labute approximate surface area is 154 Å². The Morgan fingerprint density at radius 2 is 2.12 bits per heavy atom. The average Bonchev–Trinajstić information content (AvgIpc) is 3.31. The molecule has 0 radical (unpaired) electrons. The Morgan fingerprint density at radius 1 is 1.27 bits per heavy atom. The maximum atomic E-state index is 13.0. The van der Waals surface area contributed by atoms with Crippen LogP contribution in [0, 0.1) is 0 Å². The monoisotopic (exact) mass is 354 g/mol. The minimum atomic E-state index is 0.117. The third-order valence-corrected chi connectivity index (χ3v) is 5.39. The summed E-state index contributed by atoms with van der Waals surface area (Å²) in [5.41, 5.74) is 3.02. The smallest absolute Gasteiger partial charge is 0.270 e. The lowest BCUT2D eigenvalue weighted by Gasteiger charge is -2.27. The molecule has 2 fully saturated rings. The predicted molar refractivity (Wildman–Crippen MR) is 98.8 cm³/mol. The number of carbonyl (C=O) groups excluding carboxylic acids is 1. The van der Waals surface area contributed by atoms with Crippen molar-refractivity contribution in [1.82, 2.24) is 19.4 Å². The summed E-state index contributed by atoms with van der Waals surface area (Å²) in [6.07, 6.45) is 5.86. The minimum absolute atomic E-state index is 0.117. The van der Waals surface area contributed by atoms with E-state index in [2.05, 4.69) is 22.0 Å². The fourth-order valence-electron chi connectivity index (χ4n) is 3.97.